The molecule has 0 bridgehead atoms. The van der Waals surface area contributed by atoms with Crippen molar-refractivity contribution in [2.75, 3.05) is 6.54 Å². The summed E-state index contributed by atoms with van der Waals surface area (Å²) in [6.07, 6.45) is 2.33. The summed E-state index contributed by atoms with van der Waals surface area (Å²) in [6, 6.07) is 11.3. The second kappa shape index (κ2) is 7.09. The summed E-state index contributed by atoms with van der Waals surface area (Å²) < 4.78 is 0. The number of hydrogen-bond acceptors (Lipinski definition) is 2. The molecule has 0 aliphatic heterocycles. The summed E-state index contributed by atoms with van der Waals surface area (Å²) in [4.78, 5) is 0. The summed E-state index contributed by atoms with van der Waals surface area (Å²) in [6.45, 7) is 7.01. The number of benzene rings is 1. The first-order chi connectivity index (χ1) is 8.17. The molecule has 1 aromatic carbocycles. The number of nitrogens with zero attached hydrogens (tertiary/aromatic N) is 1. The zero-order valence-corrected chi connectivity index (χ0v) is 11.0. The van der Waals surface area contributed by atoms with E-state index in [9.17, 15) is 0 Å². The van der Waals surface area contributed by atoms with Crippen LogP contribution in [0, 0.1) is 17.2 Å². The number of hydrogen-bond donors (Lipinski definition) is 1. The van der Waals surface area contributed by atoms with Crippen molar-refractivity contribution in [3.63, 3.8) is 0 Å². The highest BCUT2D eigenvalue weighted by molar-refractivity contribution is 5.24. The Morgan fingerprint density at radius 2 is 1.88 bits per heavy atom. The van der Waals surface area contributed by atoms with Gasteiger partial charge in [0.15, 0.2) is 0 Å². The fourth-order valence-electron chi connectivity index (χ4n) is 1.78. The maximum absolute atomic E-state index is 8.72. The molecule has 1 aromatic rings. The third-order valence-electron chi connectivity index (χ3n) is 2.97. The van der Waals surface area contributed by atoms with E-state index in [0.29, 0.717) is 6.04 Å². The van der Waals surface area contributed by atoms with E-state index in [1.165, 1.54) is 17.5 Å². The molecule has 0 saturated carbocycles. The maximum Gasteiger partial charge on any atom is 0.0666 e. The molecule has 2 unspecified atom stereocenters. The zero-order valence-electron chi connectivity index (χ0n) is 11.0. The van der Waals surface area contributed by atoms with Crippen LogP contribution in [0.4, 0.5) is 0 Å². The summed E-state index contributed by atoms with van der Waals surface area (Å²) in [5, 5.41) is 12.1. The van der Waals surface area contributed by atoms with Gasteiger partial charge >= 0.3 is 0 Å². The average molecular weight is 230 g/mol. The van der Waals surface area contributed by atoms with Gasteiger partial charge in [-0.1, -0.05) is 37.6 Å². The van der Waals surface area contributed by atoms with Crippen molar-refractivity contribution in [3.05, 3.63) is 35.4 Å². The van der Waals surface area contributed by atoms with Crippen LogP contribution in [0.5, 0.6) is 0 Å². The Kier molecular flexibility index (Phi) is 5.72. The van der Waals surface area contributed by atoms with Crippen LogP contribution in [-0.2, 0) is 6.42 Å². The SMILES string of the molecule is CCCc1ccc(C(C)NCC(C)C#N)cc1. The number of aryl methyl sites for hydroxylation is 1. The molecule has 0 fully saturated rings. The van der Waals surface area contributed by atoms with E-state index in [-0.39, 0.29) is 5.92 Å². The van der Waals surface area contributed by atoms with E-state index in [0.717, 1.165) is 13.0 Å². The van der Waals surface area contributed by atoms with E-state index < -0.39 is 0 Å². The van der Waals surface area contributed by atoms with Gasteiger partial charge < -0.3 is 5.32 Å². The van der Waals surface area contributed by atoms with Crippen LogP contribution >= 0.6 is 0 Å². The highest BCUT2D eigenvalue weighted by atomic mass is 14.9. The lowest BCUT2D eigenvalue weighted by Gasteiger charge is -2.15. The fraction of sp³-hybridized carbons (Fsp3) is 0.533. The second-order valence-electron chi connectivity index (χ2n) is 4.65. The fourth-order valence-corrected chi connectivity index (χ4v) is 1.78. The van der Waals surface area contributed by atoms with Crippen molar-refractivity contribution in [1.29, 1.82) is 5.26 Å². The molecule has 0 amide bonds. The molecule has 2 heteroatoms. The Labute approximate surface area is 105 Å². The molecular formula is C15H22N2. The lowest BCUT2D eigenvalue weighted by molar-refractivity contribution is 0.528. The third kappa shape index (κ3) is 4.58. The van der Waals surface area contributed by atoms with E-state index >= 15 is 0 Å². The van der Waals surface area contributed by atoms with E-state index in [1.54, 1.807) is 0 Å². The van der Waals surface area contributed by atoms with Gasteiger partial charge in [0.1, 0.15) is 0 Å². The Bertz CT molecular complexity index is 362. The van der Waals surface area contributed by atoms with E-state index in [4.69, 9.17) is 5.26 Å². The third-order valence-corrected chi connectivity index (χ3v) is 2.97. The highest BCUT2D eigenvalue weighted by Gasteiger charge is 2.06. The zero-order chi connectivity index (χ0) is 12.7. The minimum Gasteiger partial charge on any atom is -0.309 e. The maximum atomic E-state index is 8.72. The minimum absolute atomic E-state index is 0.0665. The first-order valence-corrected chi connectivity index (χ1v) is 6.39. The number of nitriles is 1. The molecule has 2 atom stereocenters. The van der Waals surface area contributed by atoms with Gasteiger partial charge in [0.05, 0.1) is 12.0 Å². The summed E-state index contributed by atoms with van der Waals surface area (Å²) in [7, 11) is 0. The topological polar surface area (TPSA) is 35.8 Å². The minimum atomic E-state index is 0.0665. The Morgan fingerprint density at radius 3 is 2.41 bits per heavy atom. The smallest absolute Gasteiger partial charge is 0.0666 e. The van der Waals surface area contributed by atoms with Crippen molar-refractivity contribution in [1.82, 2.24) is 5.32 Å². The van der Waals surface area contributed by atoms with Crippen LogP contribution in [0.1, 0.15) is 44.4 Å². The summed E-state index contributed by atoms with van der Waals surface area (Å²) in [5.74, 6) is 0.0665. The second-order valence-corrected chi connectivity index (χ2v) is 4.65. The quantitative estimate of drug-likeness (QED) is 0.812. The van der Waals surface area contributed by atoms with Crippen LogP contribution in [-0.4, -0.2) is 6.54 Å². The van der Waals surface area contributed by atoms with Crippen molar-refractivity contribution >= 4 is 0 Å². The van der Waals surface area contributed by atoms with Crippen LogP contribution in [0.15, 0.2) is 24.3 Å². The number of rotatable bonds is 6. The highest BCUT2D eigenvalue weighted by Crippen LogP contribution is 2.14. The molecule has 0 aliphatic rings. The molecule has 0 aromatic heterocycles. The van der Waals surface area contributed by atoms with Gasteiger partial charge in [0.2, 0.25) is 0 Å². The van der Waals surface area contributed by atoms with Crippen molar-refractivity contribution in [3.8, 4) is 6.07 Å². The molecule has 0 saturated heterocycles. The predicted molar refractivity (Wildman–Crippen MR) is 71.6 cm³/mol. The molecule has 1 N–H and O–H groups in total. The van der Waals surface area contributed by atoms with Crippen LogP contribution in [0.2, 0.25) is 0 Å². The van der Waals surface area contributed by atoms with Crippen LogP contribution in [0.25, 0.3) is 0 Å². The molecule has 0 heterocycles. The standard InChI is InChI=1S/C15H22N2/c1-4-5-14-6-8-15(9-7-14)13(3)17-11-12(2)10-16/h6-9,12-13,17H,4-5,11H2,1-3H3. The average Bonchev–Trinajstić information content (AvgIpc) is 2.36. The molecule has 2 nitrogen and oxygen atoms in total. The normalized spacial score (nSPS) is 14.0. The van der Waals surface area contributed by atoms with E-state index in [2.05, 4.69) is 49.5 Å². The molecular weight excluding hydrogens is 208 g/mol. The van der Waals surface area contributed by atoms with Crippen molar-refractivity contribution in [2.24, 2.45) is 5.92 Å². The molecule has 17 heavy (non-hydrogen) atoms. The van der Waals surface area contributed by atoms with Gasteiger partial charge in [0, 0.05) is 12.6 Å². The summed E-state index contributed by atoms with van der Waals surface area (Å²) in [5.41, 5.74) is 2.68. The van der Waals surface area contributed by atoms with Gasteiger partial charge in [0.25, 0.3) is 0 Å². The van der Waals surface area contributed by atoms with Crippen LogP contribution < -0.4 is 5.32 Å². The Balaban J connectivity index is 2.52. The van der Waals surface area contributed by atoms with Gasteiger partial charge in [-0.15, -0.1) is 0 Å². The lowest BCUT2D eigenvalue weighted by atomic mass is 10.0. The van der Waals surface area contributed by atoms with Gasteiger partial charge in [-0.25, -0.2) is 0 Å². The first-order valence-electron chi connectivity index (χ1n) is 6.39. The summed E-state index contributed by atoms with van der Waals surface area (Å²) >= 11 is 0. The predicted octanol–water partition coefficient (Wildman–Crippen LogP) is 3.45. The monoisotopic (exact) mass is 230 g/mol. The largest absolute Gasteiger partial charge is 0.309 e. The first kappa shape index (κ1) is 13.7. The van der Waals surface area contributed by atoms with E-state index in [1.807, 2.05) is 6.92 Å². The van der Waals surface area contributed by atoms with Gasteiger partial charge in [-0.3, -0.25) is 0 Å². The molecule has 92 valence electrons. The molecule has 0 radical (unpaired) electrons. The molecule has 0 aliphatic carbocycles. The Morgan fingerprint density at radius 1 is 1.24 bits per heavy atom. The van der Waals surface area contributed by atoms with Crippen LogP contribution in [0.3, 0.4) is 0 Å². The number of nitrogens with one attached hydrogen (secondary N) is 1. The molecule has 0 spiro atoms. The Hall–Kier alpha value is -1.33. The van der Waals surface area contributed by atoms with Crippen molar-refractivity contribution in [2.45, 2.75) is 39.7 Å². The molecule has 1 rings (SSSR count). The lowest BCUT2D eigenvalue weighted by Crippen LogP contribution is -2.23. The van der Waals surface area contributed by atoms with Gasteiger partial charge in [-0.2, -0.15) is 5.26 Å². The van der Waals surface area contributed by atoms with Gasteiger partial charge in [-0.05, 0) is 31.4 Å². The van der Waals surface area contributed by atoms with Crippen molar-refractivity contribution < 1.29 is 0 Å².